The molecule has 108 valence electrons. The van der Waals surface area contributed by atoms with Gasteiger partial charge in [0.1, 0.15) is 5.75 Å². The maximum Gasteiger partial charge on any atom is 0.128 e. The van der Waals surface area contributed by atoms with Gasteiger partial charge in [-0.2, -0.15) is 0 Å². The summed E-state index contributed by atoms with van der Waals surface area (Å²) >= 11 is 1.73. The molecule has 4 nitrogen and oxygen atoms in total. The van der Waals surface area contributed by atoms with Gasteiger partial charge in [0.15, 0.2) is 0 Å². The van der Waals surface area contributed by atoms with Gasteiger partial charge in [0, 0.05) is 46.6 Å². The van der Waals surface area contributed by atoms with E-state index in [-0.39, 0.29) is 6.04 Å². The molecule has 5 heteroatoms. The molecule has 0 fully saturated rings. The molecule has 1 N–H and O–H groups in total. The maximum atomic E-state index is 5.47. The van der Waals surface area contributed by atoms with Crippen LogP contribution in [-0.4, -0.2) is 24.1 Å². The Bertz CT molecular complexity index is 595. The Morgan fingerprint density at radius 1 is 1.25 bits per heavy atom. The van der Waals surface area contributed by atoms with Gasteiger partial charge in [-0.3, -0.25) is 4.98 Å². The number of hydrogen-bond donors (Lipinski definition) is 1. The Morgan fingerprint density at radius 2 is 2.00 bits per heavy atom. The number of thiazole rings is 1. The van der Waals surface area contributed by atoms with E-state index in [0.717, 1.165) is 34.0 Å². The molecule has 0 spiro atoms. The van der Waals surface area contributed by atoms with Gasteiger partial charge in [0.25, 0.3) is 0 Å². The quantitative estimate of drug-likeness (QED) is 0.920. The lowest BCUT2D eigenvalue weighted by molar-refractivity contribution is 0.406. The summed E-state index contributed by atoms with van der Waals surface area (Å²) in [4.78, 5) is 10.1. The summed E-state index contributed by atoms with van der Waals surface area (Å²) in [6, 6.07) is 0.236. The van der Waals surface area contributed by atoms with Crippen LogP contribution in [-0.2, 0) is 6.42 Å². The van der Waals surface area contributed by atoms with Crippen molar-refractivity contribution in [2.24, 2.45) is 0 Å². The molecule has 0 aromatic carbocycles. The number of pyridine rings is 1. The highest BCUT2D eigenvalue weighted by atomic mass is 32.1. The second-order valence-corrected chi connectivity index (χ2v) is 6.14. The van der Waals surface area contributed by atoms with Crippen LogP contribution in [0.5, 0.6) is 5.75 Å². The first-order valence-electron chi connectivity index (χ1n) is 6.65. The van der Waals surface area contributed by atoms with Crippen molar-refractivity contribution in [3.8, 4) is 5.75 Å². The molecule has 0 saturated heterocycles. The Balaban J connectivity index is 2.28. The molecular weight excluding hydrogens is 270 g/mol. The van der Waals surface area contributed by atoms with Gasteiger partial charge in [-0.25, -0.2) is 4.98 Å². The summed E-state index contributed by atoms with van der Waals surface area (Å²) in [5, 5.41) is 4.44. The van der Waals surface area contributed by atoms with E-state index in [2.05, 4.69) is 22.2 Å². The third-order valence-corrected chi connectivity index (χ3v) is 4.50. The van der Waals surface area contributed by atoms with Crippen LogP contribution in [0.25, 0.3) is 0 Å². The maximum absolute atomic E-state index is 5.47. The van der Waals surface area contributed by atoms with E-state index >= 15 is 0 Å². The first-order valence-corrected chi connectivity index (χ1v) is 7.47. The summed E-state index contributed by atoms with van der Waals surface area (Å²) in [6.45, 7) is 6.11. The number of rotatable bonds is 5. The summed E-state index contributed by atoms with van der Waals surface area (Å²) in [7, 11) is 3.68. The van der Waals surface area contributed by atoms with E-state index in [1.807, 2.05) is 33.3 Å². The minimum atomic E-state index is 0.236. The predicted octanol–water partition coefficient (Wildman–Crippen LogP) is 2.98. The van der Waals surface area contributed by atoms with E-state index in [4.69, 9.17) is 4.74 Å². The number of aryl methyl sites for hydroxylation is 2. The normalized spacial score (nSPS) is 12.4. The molecule has 1 atom stereocenters. The lowest BCUT2D eigenvalue weighted by Gasteiger charge is -2.17. The molecule has 0 amide bonds. The summed E-state index contributed by atoms with van der Waals surface area (Å²) in [5.74, 6) is 0.935. The van der Waals surface area contributed by atoms with Crippen molar-refractivity contribution in [2.75, 3.05) is 14.2 Å². The van der Waals surface area contributed by atoms with Crippen LogP contribution in [0.15, 0.2) is 12.4 Å². The molecule has 2 rings (SSSR count). The molecule has 0 saturated carbocycles. The first-order chi connectivity index (χ1) is 9.56. The third kappa shape index (κ3) is 2.99. The van der Waals surface area contributed by atoms with Crippen molar-refractivity contribution >= 4 is 11.3 Å². The Hall–Kier alpha value is -1.46. The number of nitrogens with zero attached hydrogens (tertiary/aromatic N) is 2. The van der Waals surface area contributed by atoms with Crippen molar-refractivity contribution in [3.63, 3.8) is 0 Å². The topological polar surface area (TPSA) is 47.0 Å². The number of hydrogen-bond acceptors (Lipinski definition) is 5. The number of aromatic nitrogens is 2. The van der Waals surface area contributed by atoms with Gasteiger partial charge in [-0.05, 0) is 27.8 Å². The number of ether oxygens (including phenoxy) is 1. The van der Waals surface area contributed by atoms with Crippen LogP contribution in [0.3, 0.4) is 0 Å². The molecule has 0 aliphatic rings. The van der Waals surface area contributed by atoms with Crippen LogP contribution in [0.1, 0.15) is 32.7 Å². The highest BCUT2D eigenvalue weighted by molar-refractivity contribution is 7.11. The zero-order valence-corrected chi connectivity index (χ0v) is 13.5. The summed E-state index contributed by atoms with van der Waals surface area (Å²) in [6.07, 6.45) is 4.66. The molecule has 0 radical (unpaired) electrons. The van der Waals surface area contributed by atoms with Crippen molar-refractivity contribution in [2.45, 2.75) is 33.2 Å². The van der Waals surface area contributed by atoms with Crippen molar-refractivity contribution in [1.82, 2.24) is 15.3 Å². The minimum absolute atomic E-state index is 0.236. The fraction of sp³-hybridized carbons (Fsp3) is 0.467. The van der Waals surface area contributed by atoms with Gasteiger partial charge in [0.2, 0.25) is 0 Å². The highest BCUT2D eigenvalue weighted by Crippen LogP contribution is 2.28. The second-order valence-electron chi connectivity index (χ2n) is 4.87. The monoisotopic (exact) mass is 291 g/mol. The summed E-state index contributed by atoms with van der Waals surface area (Å²) in [5.41, 5.74) is 3.26. The predicted molar refractivity (Wildman–Crippen MR) is 82.6 cm³/mol. The first kappa shape index (κ1) is 14.9. The fourth-order valence-corrected chi connectivity index (χ4v) is 3.25. The fourth-order valence-electron chi connectivity index (χ4n) is 2.35. The highest BCUT2D eigenvalue weighted by Gasteiger charge is 2.17. The van der Waals surface area contributed by atoms with E-state index in [1.54, 1.807) is 18.4 Å². The van der Waals surface area contributed by atoms with E-state index in [9.17, 15) is 0 Å². The number of methoxy groups -OCH3 is 1. The Morgan fingerprint density at radius 3 is 2.55 bits per heavy atom. The van der Waals surface area contributed by atoms with Gasteiger partial charge >= 0.3 is 0 Å². The number of likely N-dealkylation sites (N-methyl/N-ethyl adjacent to an activating group) is 1. The van der Waals surface area contributed by atoms with Crippen LogP contribution in [0.2, 0.25) is 0 Å². The Kier molecular flexibility index (Phi) is 4.73. The smallest absolute Gasteiger partial charge is 0.128 e. The van der Waals surface area contributed by atoms with Crippen LogP contribution < -0.4 is 10.1 Å². The molecule has 1 unspecified atom stereocenters. The van der Waals surface area contributed by atoms with Crippen LogP contribution in [0.4, 0.5) is 0 Å². The average Bonchev–Trinajstić information content (AvgIpc) is 2.85. The molecule has 2 heterocycles. The molecule has 0 bridgehead atoms. The zero-order valence-electron chi connectivity index (χ0n) is 12.7. The van der Waals surface area contributed by atoms with Crippen LogP contribution in [0, 0.1) is 20.8 Å². The number of nitrogens with one attached hydrogen (secondary N) is 1. The Labute approximate surface area is 124 Å². The van der Waals surface area contributed by atoms with Crippen molar-refractivity contribution in [1.29, 1.82) is 0 Å². The molecule has 20 heavy (non-hydrogen) atoms. The summed E-state index contributed by atoms with van der Waals surface area (Å²) < 4.78 is 5.47. The largest absolute Gasteiger partial charge is 0.496 e. The lowest BCUT2D eigenvalue weighted by Crippen LogP contribution is -2.19. The molecule has 2 aromatic rings. The zero-order chi connectivity index (χ0) is 14.7. The lowest BCUT2D eigenvalue weighted by atomic mass is 10.0. The standard InChI is InChI=1S/C15H21N3OS/c1-9-7-18-12(10(2)15(9)19-5)6-13(16-4)14-8-17-11(3)20-14/h7-8,13,16H,6H2,1-5H3. The van der Waals surface area contributed by atoms with Gasteiger partial charge in [-0.1, -0.05) is 0 Å². The van der Waals surface area contributed by atoms with Crippen LogP contribution >= 0.6 is 11.3 Å². The van der Waals surface area contributed by atoms with E-state index in [0.29, 0.717) is 0 Å². The van der Waals surface area contributed by atoms with Gasteiger partial charge in [0.05, 0.1) is 12.1 Å². The SMILES string of the molecule is CNC(Cc1ncc(C)c(OC)c1C)c1cnc(C)s1. The van der Waals surface area contributed by atoms with Crippen molar-refractivity contribution in [3.05, 3.63) is 39.1 Å². The molecule has 0 aliphatic heterocycles. The minimum Gasteiger partial charge on any atom is -0.496 e. The van der Waals surface area contributed by atoms with E-state index < -0.39 is 0 Å². The van der Waals surface area contributed by atoms with Crippen molar-refractivity contribution < 1.29 is 4.74 Å². The third-order valence-electron chi connectivity index (χ3n) is 3.48. The average molecular weight is 291 g/mol. The van der Waals surface area contributed by atoms with Gasteiger partial charge < -0.3 is 10.1 Å². The van der Waals surface area contributed by atoms with Gasteiger partial charge in [-0.15, -0.1) is 11.3 Å². The van der Waals surface area contributed by atoms with E-state index in [1.165, 1.54) is 4.88 Å². The second kappa shape index (κ2) is 6.33. The molecule has 2 aromatic heterocycles. The molecule has 0 aliphatic carbocycles. The molecular formula is C15H21N3OS.